The third-order valence-electron chi connectivity index (χ3n) is 3.15. The van der Waals surface area contributed by atoms with Crippen LogP contribution in [-0.2, 0) is 15.7 Å². The summed E-state index contributed by atoms with van der Waals surface area (Å²) in [6, 6.07) is 8.71. The quantitative estimate of drug-likeness (QED) is 0.495. The lowest BCUT2D eigenvalue weighted by atomic mass is 10.2. The maximum Gasteiger partial charge on any atom is 0.416 e. The fraction of sp³-hybridized carbons (Fsp3) is 0.125. The number of esters is 1. The Morgan fingerprint density at radius 2 is 1.69 bits per heavy atom. The second-order valence-corrected chi connectivity index (χ2v) is 4.97. The molecule has 0 aliphatic heterocycles. The molecule has 136 valence electrons. The maximum atomic E-state index is 12.4. The lowest BCUT2D eigenvalue weighted by molar-refractivity contribution is -0.385. The van der Waals surface area contributed by atoms with E-state index in [0.29, 0.717) is 0 Å². The molecule has 0 atom stereocenters. The Kier molecular flexibility index (Phi) is 5.55. The van der Waals surface area contributed by atoms with E-state index in [4.69, 9.17) is 4.74 Å². The van der Waals surface area contributed by atoms with Gasteiger partial charge in [0.25, 0.3) is 11.6 Å². The van der Waals surface area contributed by atoms with Crippen LogP contribution in [0.4, 0.5) is 24.5 Å². The third-order valence-corrected chi connectivity index (χ3v) is 3.15. The predicted octanol–water partition coefficient (Wildman–Crippen LogP) is 3.41. The van der Waals surface area contributed by atoms with E-state index >= 15 is 0 Å². The molecular weight excluding hydrogens is 357 g/mol. The van der Waals surface area contributed by atoms with E-state index < -0.39 is 40.8 Å². The van der Waals surface area contributed by atoms with E-state index in [-0.39, 0.29) is 11.3 Å². The number of para-hydroxylation sites is 1. The number of carbonyl (C=O) groups is 2. The van der Waals surface area contributed by atoms with Crippen LogP contribution in [0.2, 0.25) is 0 Å². The first-order chi connectivity index (χ1) is 12.2. The second-order valence-electron chi connectivity index (χ2n) is 4.97. The summed E-state index contributed by atoms with van der Waals surface area (Å²) in [5.74, 6) is -1.88. The summed E-state index contributed by atoms with van der Waals surface area (Å²) in [6.45, 7) is -0.758. The molecule has 2 aromatic rings. The number of hydrogen-bond donors (Lipinski definition) is 1. The number of nitro groups is 1. The smallest absolute Gasteiger partial charge is 0.416 e. The number of anilines is 1. The molecule has 0 saturated heterocycles. The standard InChI is InChI=1S/C16H11F3N2O5/c17-16(18,19)10-5-7-11(8-6-10)20-14(22)9-26-15(23)12-3-1-2-4-13(12)21(24)25/h1-8H,9H2,(H,20,22). The molecular formula is C16H11F3N2O5. The molecule has 0 unspecified atom stereocenters. The molecule has 0 fully saturated rings. The van der Waals surface area contributed by atoms with Crippen molar-refractivity contribution in [3.63, 3.8) is 0 Å². The molecule has 1 N–H and O–H groups in total. The van der Waals surface area contributed by atoms with Crippen molar-refractivity contribution in [1.29, 1.82) is 0 Å². The average Bonchev–Trinajstić information content (AvgIpc) is 2.59. The van der Waals surface area contributed by atoms with Crippen molar-refractivity contribution in [2.24, 2.45) is 0 Å². The summed E-state index contributed by atoms with van der Waals surface area (Å²) < 4.78 is 42.0. The van der Waals surface area contributed by atoms with E-state index in [9.17, 15) is 32.9 Å². The van der Waals surface area contributed by atoms with Crippen LogP contribution in [0.25, 0.3) is 0 Å². The van der Waals surface area contributed by atoms with Gasteiger partial charge in [-0.15, -0.1) is 0 Å². The summed E-state index contributed by atoms with van der Waals surface area (Å²) in [5, 5.41) is 13.1. The number of benzene rings is 2. The molecule has 10 heteroatoms. The fourth-order valence-corrected chi connectivity index (χ4v) is 1.95. The van der Waals surface area contributed by atoms with Gasteiger partial charge in [-0.05, 0) is 30.3 Å². The molecule has 7 nitrogen and oxygen atoms in total. The van der Waals surface area contributed by atoms with Crippen LogP contribution >= 0.6 is 0 Å². The van der Waals surface area contributed by atoms with E-state index in [1.807, 2.05) is 0 Å². The van der Waals surface area contributed by atoms with Gasteiger partial charge in [0.05, 0.1) is 10.5 Å². The molecule has 1 amide bonds. The summed E-state index contributed by atoms with van der Waals surface area (Å²) in [5.41, 5.74) is -1.59. The van der Waals surface area contributed by atoms with Crippen molar-refractivity contribution in [3.8, 4) is 0 Å². The van der Waals surface area contributed by atoms with Gasteiger partial charge in [0.2, 0.25) is 0 Å². The Morgan fingerprint density at radius 3 is 2.27 bits per heavy atom. The number of alkyl halides is 3. The minimum atomic E-state index is -4.50. The summed E-state index contributed by atoms with van der Waals surface area (Å²) in [7, 11) is 0. The molecule has 0 bridgehead atoms. The van der Waals surface area contributed by atoms with Gasteiger partial charge in [-0.1, -0.05) is 12.1 Å². The van der Waals surface area contributed by atoms with Crippen LogP contribution in [0.1, 0.15) is 15.9 Å². The predicted molar refractivity (Wildman–Crippen MR) is 83.5 cm³/mol. The molecule has 0 aliphatic rings. The molecule has 2 rings (SSSR count). The van der Waals surface area contributed by atoms with Crippen LogP contribution in [0.3, 0.4) is 0 Å². The number of ether oxygens (including phenoxy) is 1. The first-order valence-electron chi connectivity index (χ1n) is 7.06. The van der Waals surface area contributed by atoms with Crippen LogP contribution in [0, 0.1) is 10.1 Å². The van der Waals surface area contributed by atoms with Crippen LogP contribution < -0.4 is 5.32 Å². The summed E-state index contributed by atoms with van der Waals surface area (Å²) in [4.78, 5) is 33.6. The van der Waals surface area contributed by atoms with Gasteiger partial charge in [-0.25, -0.2) is 4.79 Å². The van der Waals surface area contributed by atoms with E-state index in [1.165, 1.54) is 18.2 Å². The van der Waals surface area contributed by atoms with Gasteiger partial charge >= 0.3 is 12.1 Å². The Balaban J connectivity index is 1.95. The molecule has 0 spiro atoms. The number of halogens is 3. The Hall–Kier alpha value is -3.43. The van der Waals surface area contributed by atoms with Crippen molar-refractivity contribution in [2.75, 3.05) is 11.9 Å². The highest BCUT2D eigenvalue weighted by molar-refractivity contribution is 5.97. The summed E-state index contributed by atoms with van der Waals surface area (Å²) in [6.07, 6.45) is -4.50. The zero-order chi connectivity index (χ0) is 19.3. The minimum Gasteiger partial charge on any atom is -0.452 e. The Morgan fingerprint density at radius 1 is 1.08 bits per heavy atom. The van der Waals surface area contributed by atoms with E-state index in [1.54, 1.807) is 0 Å². The first-order valence-corrected chi connectivity index (χ1v) is 7.06. The van der Waals surface area contributed by atoms with Gasteiger partial charge < -0.3 is 10.1 Å². The highest BCUT2D eigenvalue weighted by atomic mass is 19.4. The second kappa shape index (κ2) is 7.64. The lowest BCUT2D eigenvalue weighted by Crippen LogP contribution is -2.21. The van der Waals surface area contributed by atoms with Gasteiger partial charge in [0.15, 0.2) is 6.61 Å². The molecule has 0 radical (unpaired) electrons. The number of amides is 1. The van der Waals surface area contributed by atoms with Gasteiger partial charge in [-0.2, -0.15) is 13.2 Å². The molecule has 2 aromatic carbocycles. The highest BCUT2D eigenvalue weighted by Gasteiger charge is 2.30. The van der Waals surface area contributed by atoms with Crippen LogP contribution in [0.5, 0.6) is 0 Å². The number of nitro benzene ring substituents is 1. The highest BCUT2D eigenvalue weighted by Crippen LogP contribution is 2.29. The van der Waals surface area contributed by atoms with Crippen LogP contribution in [-0.4, -0.2) is 23.4 Å². The van der Waals surface area contributed by atoms with Crippen molar-refractivity contribution < 1.29 is 32.4 Å². The van der Waals surface area contributed by atoms with Gasteiger partial charge in [0, 0.05) is 11.8 Å². The first kappa shape index (κ1) is 18.9. The molecule has 0 aliphatic carbocycles. The SMILES string of the molecule is O=C(COC(=O)c1ccccc1[N+](=O)[O-])Nc1ccc(C(F)(F)F)cc1. The molecule has 0 saturated carbocycles. The monoisotopic (exact) mass is 368 g/mol. The topological polar surface area (TPSA) is 98.5 Å². The number of nitrogens with one attached hydrogen (secondary N) is 1. The van der Waals surface area contributed by atoms with E-state index in [2.05, 4.69) is 5.32 Å². The van der Waals surface area contributed by atoms with E-state index in [0.717, 1.165) is 30.3 Å². The molecule has 0 heterocycles. The molecule has 26 heavy (non-hydrogen) atoms. The normalized spacial score (nSPS) is 10.9. The maximum absolute atomic E-state index is 12.4. The fourth-order valence-electron chi connectivity index (χ4n) is 1.95. The summed E-state index contributed by atoms with van der Waals surface area (Å²) >= 11 is 0. The lowest BCUT2D eigenvalue weighted by Gasteiger charge is -2.09. The largest absolute Gasteiger partial charge is 0.452 e. The van der Waals surface area contributed by atoms with Crippen molar-refractivity contribution in [1.82, 2.24) is 0 Å². The van der Waals surface area contributed by atoms with Crippen molar-refractivity contribution in [2.45, 2.75) is 6.18 Å². The Bertz CT molecular complexity index is 835. The average molecular weight is 368 g/mol. The van der Waals surface area contributed by atoms with Gasteiger partial charge in [0.1, 0.15) is 5.56 Å². The number of carbonyl (C=O) groups excluding carboxylic acids is 2. The number of rotatable bonds is 5. The Labute approximate surface area is 144 Å². The van der Waals surface area contributed by atoms with Crippen LogP contribution in [0.15, 0.2) is 48.5 Å². The van der Waals surface area contributed by atoms with Crippen molar-refractivity contribution >= 4 is 23.3 Å². The third kappa shape index (κ3) is 4.79. The zero-order valence-electron chi connectivity index (χ0n) is 12.9. The number of hydrogen-bond acceptors (Lipinski definition) is 5. The van der Waals surface area contributed by atoms with Gasteiger partial charge in [-0.3, -0.25) is 14.9 Å². The number of nitrogens with zero attached hydrogens (tertiary/aromatic N) is 1. The zero-order valence-corrected chi connectivity index (χ0v) is 12.9. The van der Waals surface area contributed by atoms with Crippen molar-refractivity contribution in [3.05, 3.63) is 69.8 Å². The molecule has 0 aromatic heterocycles. The minimum absolute atomic E-state index is 0.0738.